The first-order valence-corrected chi connectivity index (χ1v) is 48.2. The van der Waals surface area contributed by atoms with Gasteiger partial charge in [-0.2, -0.15) is 0 Å². The zero-order valence-electron chi connectivity index (χ0n) is 79.9. The Labute approximate surface area is 791 Å². The molecule has 0 saturated carbocycles. The minimum Gasteiger partial charge on any atom is -0.316 e. The molecule has 0 spiro atoms. The first-order valence-electron chi connectivity index (χ1n) is 46.0. The molecule has 0 radical (unpaired) electrons. The monoisotopic (exact) mass is 1890 g/mol. The fraction of sp³-hybridized carbons (Fsp3) is 0.611. The average Bonchev–Trinajstić information content (AvgIpc) is 0.812. The van der Waals surface area contributed by atoms with Crippen LogP contribution < -0.4 is 0 Å². The van der Waals surface area contributed by atoms with Crippen LogP contribution in [-0.2, 0) is 39.3 Å². The minimum atomic E-state index is -0.179. The summed E-state index contributed by atoms with van der Waals surface area (Å²) < 4.78 is 27.5. The Bertz CT molecular complexity index is 4240. The zero-order valence-corrected chi connectivity index (χ0v) is 84.4. The zero-order chi connectivity index (χ0) is 93.1. The van der Waals surface area contributed by atoms with E-state index in [9.17, 15) is 8.78 Å². The van der Waals surface area contributed by atoms with Crippen LogP contribution in [0.4, 0.5) is 8.78 Å². The van der Waals surface area contributed by atoms with Gasteiger partial charge in [0.2, 0.25) is 39.3 Å². The lowest BCUT2D eigenvalue weighted by molar-refractivity contribution is 0.0173. The number of halogens is 6. The van der Waals surface area contributed by atoms with Gasteiger partial charge in [-0.15, -0.1) is 0 Å². The van der Waals surface area contributed by atoms with E-state index in [1.165, 1.54) is 44.0 Å². The van der Waals surface area contributed by atoms with Gasteiger partial charge in [0, 0.05) is 90.4 Å². The Morgan fingerprint density at radius 1 is 0.278 bits per heavy atom. The lowest BCUT2D eigenvalue weighted by atomic mass is 9.61. The Kier molecular flexibility index (Phi) is 40.2. The van der Waals surface area contributed by atoms with Crippen LogP contribution in [0.2, 0.25) is 15.1 Å². The van der Waals surface area contributed by atoms with E-state index >= 15 is 0 Å². The summed E-state index contributed by atoms with van der Waals surface area (Å²) in [5.74, 6) is -0.345. The molecule has 6 heterocycles. The highest BCUT2D eigenvalue weighted by Gasteiger charge is 2.52. The van der Waals surface area contributed by atoms with E-state index in [2.05, 4.69) is 254 Å². The fourth-order valence-corrected chi connectivity index (χ4v) is 20.7. The number of rotatable bonds is 18. The largest absolute Gasteiger partial charge is 0.316 e. The topological polar surface area (TPSA) is 45.6 Å². The first-order chi connectivity index (χ1) is 59.2. The van der Waals surface area contributed by atoms with Crippen LogP contribution in [0.15, 0.2) is 146 Å². The van der Waals surface area contributed by atoms with Crippen molar-refractivity contribution in [1.29, 1.82) is 0 Å². The molecule has 6 aromatic carbocycles. The molecule has 6 aromatic rings. The molecule has 0 N–H and O–H groups in total. The smallest absolute Gasteiger partial charge is 0.220 e. The maximum Gasteiger partial charge on any atom is 0.220 e. The SMILES string of the molecule is [C-]#[N+]CC1(C(C)(C)C)CCN(Cc2ccc(Cl)cc2)CC1.[C-]#[N+]CC1(C(C)(C)C)CCN(Cc2ccc(F)cc2)CC1.[C-]#[N+]CC1(C(C)(C)C)CCN(Cc2ccc(I)cc2)CC1.[C-]#[N+]CC1(C(C)(C)C)CCN(Cc2cccc(Cl)c2)CC1.[C-]#[N+]CC1(C(C)(C)C)CCN(Cc2cccc(F)c2)CC1.[C-]#[N+]CC1(C(C)(C)C)CCN(Cc2ccccc2Cl)CC1. The van der Waals surface area contributed by atoms with Crippen molar-refractivity contribution >= 4 is 57.4 Å². The number of nitrogens with zero attached hydrogens (tertiary/aromatic N) is 12. The summed E-state index contributed by atoms with van der Waals surface area (Å²) in [5, 5.41) is 2.45. The standard InChI is InChI=1S/3C18H25ClN2.2C18H25FN2.C18H25IN2/c1-17(2,3)18(14-20-4)9-11-21(12-10-18)13-15-5-7-16(19)8-6-15;1-17(2,3)18(14-20-4)8-10-21(11-9-18)13-15-6-5-7-16(19)12-15;1-17(2,3)18(14-20-4)9-11-21(12-10-18)13-15-7-5-6-8-16(15)19;1-17(2,3)18(14-20-4)9-11-21(12-10-18)13-15-5-7-16(19)8-6-15;1-17(2,3)18(14-20-4)8-10-21(11-9-18)13-15-6-5-7-16(19)12-15;1-17(2,3)18(14-20-4)9-11-21(12-10-18)13-15-5-7-16(19)8-6-15/h5-8H,9-14H2,1-3H3;5-7,12H,8-11,13-14H2,1-3H3;2*5-8H,9-14H2,1-3H3;5-7,12H,8-11,13-14H2,1-3H3;5-8H,9-14H2,1-3H3. The van der Waals surface area contributed by atoms with E-state index in [-0.39, 0.29) is 76.6 Å². The predicted octanol–water partition coefficient (Wildman–Crippen LogP) is 28.2. The van der Waals surface area contributed by atoms with Crippen molar-refractivity contribution in [2.75, 3.05) is 118 Å². The number of benzene rings is 6. The molecule has 0 aliphatic carbocycles. The molecule has 0 atom stereocenters. The van der Waals surface area contributed by atoms with Gasteiger partial charge in [0.05, 0.1) is 0 Å². The van der Waals surface area contributed by atoms with Gasteiger partial charge < -0.3 is 29.1 Å². The summed E-state index contributed by atoms with van der Waals surface area (Å²) in [5.41, 5.74) is 9.43. The van der Waals surface area contributed by atoms with Crippen molar-refractivity contribution in [1.82, 2.24) is 29.4 Å². The Morgan fingerprint density at radius 3 is 0.786 bits per heavy atom. The number of piperidine rings is 6. The van der Waals surface area contributed by atoms with Crippen LogP contribution in [-0.4, -0.2) is 147 Å². The number of likely N-dealkylation sites (tertiary alicyclic amines) is 6. The van der Waals surface area contributed by atoms with Crippen molar-refractivity contribution in [3.05, 3.63) is 278 Å². The molecule has 0 bridgehead atoms. The molecular formula is C108H150Cl3F2IN12. The molecule has 126 heavy (non-hydrogen) atoms. The highest BCUT2D eigenvalue weighted by Crippen LogP contribution is 2.53. The quantitative estimate of drug-likeness (QED) is 0.0631. The molecular weight excluding hydrogens is 1740 g/mol. The van der Waals surface area contributed by atoms with Crippen molar-refractivity contribution < 1.29 is 8.78 Å². The van der Waals surface area contributed by atoms with E-state index in [1.807, 2.05) is 66.7 Å². The third-order valence-electron chi connectivity index (χ3n) is 30.6. The maximum atomic E-state index is 13.2. The van der Waals surface area contributed by atoms with Gasteiger partial charge >= 0.3 is 0 Å². The van der Waals surface area contributed by atoms with Crippen LogP contribution in [0.1, 0.15) is 235 Å². The van der Waals surface area contributed by atoms with E-state index in [4.69, 9.17) is 74.2 Å². The van der Waals surface area contributed by atoms with Gasteiger partial charge in [-0.1, -0.05) is 238 Å². The summed E-state index contributed by atoms with van der Waals surface area (Å²) in [6.07, 6.45) is 13.2. The maximum absolute atomic E-state index is 13.2. The molecule has 0 unspecified atom stereocenters. The molecule has 12 rings (SSSR count). The Balaban J connectivity index is 0.000000207. The van der Waals surface area contributed by atoms with Crippen LogP contribution >= 0.6 is 57.4 Å². The van der Waals surface area contributed by atoms with Crippen LogP contribution in [0.5, 0.6) is 0 Å². The average molecular weight is 1890 g/mol. The van der Waals surface area contributed by atoms with Crippen molar-refractivity contribution in [2.24, 2.45) is 65.0 Å². The fourth-order valence-electron chi connectivity index (χ4n) is 19.8. The highest BCUT2D eigenvalue weighted by atomic mass is 127. The second-order valence-corrected chi connectivity index (χ2v) is 46.0. The molecule has 684 valence electrons. The summed E-state index contributed by atoms with van der Waals surface area (Å²) in [7, 11) is 0. The second-order valence-electron chi connectivity index (χ2n) is 43.5. The molecule has 12 nitrogen and oxygen atoms in total. The van der Waals surface area contributed by atoms with Gasteiger partial charge in [0.15, 0.2) is 0 Å². The normalized spacial score (nSPS) is 19.2. The van der Waals surface area contributed by atoms with Crippen molar-refractivity contribution in [3.63, 3.8) is 0 Å². The summed E-state index contributed by atoms with van der Waals surface area (Å²) >= 11 is 20.6. The van der Waals surface area contributed by atoms with E-state index in [1.54, 1.807) is 12.1 Å². The van der Waals surface area contributed by atoms with Gasteiger partial charge in [-0.05, 0) is 311 Å². The van der Waals surface area contributed by atoms with Crippen LogP contribution in [0, 0.1) is 120 Å². The van der Waals surface area contributed by atoms with E-state index < -0.39 is 0 Å². The lowest BCUT2D eigenvalue weighted by Crippen LogP contribution is -2.47. The van der Waals surface area contributed by atoms with Gasteiger partial charge in [-0.25, -0.2) is 48.2 Å². The van der Waals surface area contributed by atoms with Gasteiger partial charge in [0.1, 0.15) is 11.6 Å². The molecule has 6 aliphatic heterocycles. The molecule has 6 fully saturated rings. The highest BCUT2D eigenvalue weighted by molar-refractivity contribution is 14.1. The van der Waals surface area contributed by atoms with Crippen LogP contribution in [0.25, 0.3) is 29.1 Å². The predicted molar refractivity (Wildman–Crippen MR) is 534 cm³/mol. The van der Waals surface area contributed by atoms with E-state index in [0.29, 0.717) is 39.3 Å². The van der Waals surface area contributed by atoms with Crippen LogP contribution in [0.3, 0.4) is 0 Å². The number of hydrogen-bond acceptors (Lipinski definition) is 6. The second kappa shape index (κ2) is 47.5. The minimum absolute atomic E-state index is 0.118. The summed E-state index contributed by atoms with van der Waals surface area (Å²) in [4.78, 5) is 37.1. The van der Waals surface area contributed by atoms with E-state index in [0.717, 1.165) is 221 Å². The summed E-state index contributed by atoms with van der Waals surface area (Å²) in [6.45, 7) is 107. The lowest BCUT2D eigenvalue weighted by Gasteiger charge is -2.46. The molecule has 6 aliphatic rings. The van der Waals surface area contributed by atoms with Crippen molar-refractivity contribution in [3.8, 4) is 0 Å². The van der Waals surface area contributed by atoms with Gasteiger partial charge in [0.25, 0.3) is 0 Å². The van der Waals surface area contributed by atoms with Gasteiger partial charge in [-0.3, -0.25) is 29.4 Å². The number of hydrogen-bond donors (Lipinski definition) is 0. The summed E-state index contributed by atoms with van der Waals surface area (Å²) in [6, 6.07) is 46.8. The third-order valence-corrected chi connectivity index (χ3v) is 32.2. The first kappa shape index (κ1) is 107. The molecule has 6 saturated heterocycles. The van der Waals surface area contributed by atoms with Crippen molar-refractivity contribution in [2.45, 2.75) is 241 Å². The molecule has 0 aromatic heterocycles. The Hall–Kier alpha value is -6.52. The molecule has 18 heteroatoms. The third kappa shape index (κ3) is 30.5. The Morgan fingerprint density at radius 2 is 0.524 bits per heavy atom. The molecule has 0 amide bonds.